The molecular formula is C13H9N3O. The molecule has 0 spiro atoms. The number of anilines is 1. The van der Waals surface area contributed by atoms with Crippen LogP contribution in [0.15, 0.2) is 48.7 Å². The van der Waals surface area contributed by atoms with Gasteiger partial charge in [-0.15, -0.1) is 0 Å². The van der Waals surface area contributed by atoms with Crippen LogP contribution < -0.4 is 5.32 Å². The van der Waals surface area contributed by atoms with E-state index in [0.717, 1.165) is 0 Å². The van der Waals surface area contributed by atoms with Gasteiger partial charge >= 0.3 is 0 Å². The highest BCUT2D eigenvalue weighted by molar-refractivity contribution is 6.02. The van der Waals surface area contributed by atoms with Crippen LogP contribution in [0.25, 0.3) is 0 Å². The zero-order valence-electron chi connectivity index (χ0n) is 8.92. The number of pyridine rings is 1. The summed E-state index contributed by atoms with van der Waals surface area (Å²) in [6, 6.07) is 14.1. The van der Waals surface area contributed by atoms with Gasteiger partial charge in [0.2, 0.25) is 0 Å². The van der Waals surface area contributed by atoms with E-state index >= 15 is 0 Å². The van der Waals surface area contributed by atoms with Gasteiger partial charge in [-0.25, -0.2) is 0 Å². The van der Waals surface area contributed by atoms with Gasteiger partial charge in [0.15, 0.2) is 0 Å². The Balaban J connectivity index is 2.18. The summed E-state index contributed by atoms with van der Waals surface area (Å²) in [7, 11) is 0. The molecule has 2 rings (SSSR count). The molecule has 0 radical (unpaired) electrons. The topological polar surface area (TPSA) is 65.8 Å². The first-order valence-corrected chi connectivity index (χ1v) is 5.02. The Kier molecular flexibility index (Phi) is 3.13. The summed E-state index contributed by atoms with van der Waals surface area (Å²) in [6.45, 7) is 0. The number of carbonyl (C=O) groups is 1. The molecule has 0 bridgehead atoms. The van der Waals surface area contributed by atoms with Crippen molar-refractivity contribution in [1.82, 2.24) is 4.98 Å². The minimum atomic E-state index is -0.326. The SMILES string of the molecule is N#Cc1ccnc(C(=O)Nc2ccccc2)c1. The predicted molar refractivity (Wildman–Crippen MR) is 63.3 cm³/mol. The quantitative estimate of drug-likeness (QED) is 0.848. The van der Waals surface area contributed by atoms with Crippen molar-refractivity contribution < 1.29 is 4.79 Å². The van der Waals surface area contributed by atoms with E-state index in [2.05, 4.69) is 10.3 Å². The molecule has 1 aromatic carbocycles. The molecule has 0 aliphatic heterocycles. The van der Waals surface area contributed by atoms with E-state index in [4.69, 9.17) is 5.26 Å². The molecule has 1 aromatic heterocycles. The monoisotopic (exact) mass is 223 g/mol. The van der Waals surface area contributed by atoms with Crippen molar-refractivity contribution in [3.8, 4) is 6.07 Å². The predicted octanol–water partition coefficient (Wildman–Crippen LogP) is 2.21. The van der Waals surface area contributed by atoms with Crippen LogP contribution in [0.5, 0.6) is 0 Å². The average molecular weight is 223 g/mol. The maximum atomic E-state index is 11.8. The zero-order valence-corrected chi connectivity index (χ0v) is 8.92. The molecule has 0 saturated heterocycles. The Hall–Kier alpha value is -2.67. The standard InChI is InChI=1S/C13H9N3O/c14-9-10-6-7-15-12(8-10)13(17)16-11-4-2-1-3-5-11/h1-8H,(H,16,17). The lowest BCUT2D eigenvalue weighted by Gasteiger charge is -2.03. The van der Waals surface area contributed by atoms with Gasteiger partial charge in [0.25, 0.3) is 5.91 Å². The fraction of sp³-hybridized carbons (Fsp3) is 0. The lowest BCUT2D eigenvalue weighted by Crippen LogP contribution is -2.13. The highest BCUT2D eigenvalue weighted by Gasteiger charge is 2.07. The minimum Gasteiger partial charge on any atom is -0.321 e. The fourth-order valence-electron chi connectivity index (χ4n) is 1.34. The molecule has 2 aromatic rings. The van der Waals surface area contributed by atoms with Gasteiger partial charge in [0.05, 0.1) is 11.6 Å². The third kappa shape index (κ3) is 2.67. The molecule has 82 valence electrons. The molecule has 0 saturated carbocycles. The minimum absolute atomic E-state index is 0.230. The van der Waals surface area contributed by atoms with Crippen LogP contribution in [0.3, 0.4) is 0 Å². The first-order chi connectivity index (χ1) is 8.29. The Morgan fingerprint density at radius 2 is 2.00 bits per heavy atom. The van der Waals surface area contributed by atoms with Crippen LogP contribution in [-0.2, 0) is 0 Å². The summed E-state index contributed by atoms with van der Waals surface area (Å²) < 4.78 is 0. The van der Waals surface area contributed by atoms with Crippen molar-refractivity contribution in [3.63, 3.8) is 0 Å². The Morgan fingerprint density at radius 1 is 1.24 bits per heavy atom. The van der Waals surface area contributed by atoms with E-state index in [-0.39, 0.29) is 11.6 Å². The van der Waals surface area contributed by atoms with E-state index in [1.165, 1.54) is 12.3 Å². The molecule has 0 unspecified atom stereocenters. The molecular weight excluding hydrogens is 214 g/mol. The lowest BCUT2D eigenvalue weighted by molar-refractivity contribution is 0.102. The number of para-hydroxylation sites is 1. The first kappa shape index (κ1) is 10.8. The second-order valence-electron chi connectivity index (χ2n) is 3.36. The fourth-order valence-corrected chi connectivity index (χ4v) is 1.34. The number of nitrogens with zero attached hydrogens (tertiary/aromatic N) is 2. The smallest absolute Gasteiger partial charge is 0.274 e. The second kappa shape index (κ2) is 4.90. The molecule has 1 amide bonds. The van der Waals surface area contributed by atoms with Gasteiger partial charge in [-0.05, 0) is 24.3 Å². The summed E-state index contributed by atoms with van der Waals surface area (Å²) >= 11 is 0. The Morgan fingerprint density at radius 3 is 2.71 bits per heavy atom. The molecule has 0 aliphatic carbocycles. The maximum absolute atomic E-state index is 11.8. The van der Waals surface area contributed by atoms with Crippen molar-refractivity contribution in [2.45, 2.75) is 0 Å². The molecule has 0 fully saturated rings. The van der Waals surface area contributed by atoms with Crippen LogP contribution in [-0.4, -0.2) is 10.9 Å². The number of rotatable bonds is 2. The second-order valence-corrected chi connectivity index (χ2v) is 3.36. The van der Waals surface area contributed by atoms with Gasteiger partial charge in [-0.1, -0.05) is 18.2 Å². The van der Waals surface area contributed by atoms with Crippen molar-refractivity contribution in [2.75, 3.05) is 5.32 Å². The third-order valence-electron chi connectivity index (χ3n) is 2.15. The summed E-state index contributed by atoms with van der Waals surface area (Å²) in [5.41, 5.74) is 1.34. The van der Waals surface area contributed by atoms with E-state index in [1.807, 2.05) is 24.3 Å². The van der Waals surface area contributed by atoms with Gasteiger partial charge < -0.3 is 5.32 Å². The normalized spacial score (nSPS) is 9.35. The molecule has 0 aliphatic rings. The van der Waals surface area contributed by atoms with Crippen molar-refractivity contribution >= 4 is 11.6 Å². The Bertz CT molecular complexity index is 573. The molecule has 1 N–H and O–H groups in total. The van der Waals surface area contributed by atoms with Gasteiger partial charge in [-0.3, -0.25) is 9.78 Å². The lowest BCUT2D eigenvalue weighted by atomic mass is 10.2. The number of aromatic nitrogens is 1. The summed E-state index contributed by atoms with van der Waals surface area (Å²) in [5, 5.41) is 11.4. The highest BCUT2D eigenvalue weighted by Crippen LogP contribution is 2.08. The molecule has 0 atom stereocenters. The van der Waals surface area contributed by atoms with E-state index in [1.54, 1.807) is 18.2 Å². The number of benzene rings is 1. The van der Waals surface area contributed by atoms with Crippen LogP contribution in [0.2, 0.25) is 0 Å². The number of nitrogens with one attached hydrogen (secondary N) is 1. The van der Waals surface area contributed by atoms with E-state index < -0.39 is 0 Å². The molecule has 1 heterocycles. The highest BCUT2D eigenvalue weighted by atomic mass is 16.1. The number of hydrogen-bond acceptors (Lipinski definition) is 3. The van der Waals surface area contributed by atoms with Crippen molar-refractivity contribution in [3.05, 3.63) is 59.9 Å². The molecule has 17 heavy (non-hydrogen) atoms. The van der Waals surface area contributed by atoms with Crippen LogP contribution >= 0.6 is 0 Å². The number of nitriles is 1. The van der Waals surface area contributed by atoms with Crippen LogP contribution in [0.4, 0.5) is 5.69 Å². The molecule has 4 nitrogen and oxygen atoms in total. The van der Waals surface area contributed by atoms with Crippen molar-refractivity contribution in [2.24, 2.45) is 0 Å². The first-order valence-electron chi connectivity index (χ1n) is 5.02. The zero-order chi connectivity index (χ0) is 12.1. The maximum Gasteiger partial charge on any atom is 0.274 e. The third-order valence-corrected chi connectivity index (χ3v) is 2.15. The molecule has 4 heteroatoms. The van der Waals surface area contributed by atoms with Crippen molar-refractivity contribution in [1.29, 1.82) is 5.26 Å². The van der Waals surface area contributed by atoms with E-state index in [9.17, 15) is 4.79 Å². The summed E-state index contributed by atoms with van der Waals surface area (Å²) in [4.78, 5) is 15.7. The largest absolute Gasteiger partial charge is 0.321 e. The van der Waals surface area contributed by atoms with Gasteiger partial charge in [-0.2, -0.15) is 5.26 Å². The van der Waals surface area contributed by atoms with Crippen LogP contribution in [0.1, 0.15) is 16.1 Å². The average Bonchev–Trinajstić information content (AvgIpc) is 2.40. The van der Waals surface area contributed by atoms with Crippen LogP contribution in [0, 0.1) is 11.3 Å². The van der Waals surface area contributed by atoms with Gasteiger partial charge in [0.1, 0.15) is 5.69 Å². The number of carbonyl (C=O) groups excluding carboxylic acids is 1. The van der Waals surface area contributed by atoms with Gasteiger partial charge in [0, 0.05) is 11.9 Å². The van der Waals surface area contributed by atoms with E-state index in [0.29, 0.717) is 11.3 Å². The summed E-state index contributed by atoms with van der Waals surface area (Å²) in [6.07, 6.45) is 1.44. The summed E-state index contributed by atoms with van der Waals surface area (Å²) in [5.74, 6) is -0.326. The number of amides is 1. The number of hydrogen-bond donors (Lipinski definition) is 1. The Labute approximate surface area is 98.5 Å².